The zero-order valence-electron chi connectivity index (χ0n) is 29.6. The van der Waals surface area contributed by atoms with Gasteiger partial charge in [-0.15, -0.1) is 0 Å². The number of hydrogen-bond acceptors (Lipinski definition) is 2. The predicted octanol–water partition coefficient (Wildman–Crippen LogP) is 13.7. The molecule has 0 saturated carbocycles. The second-order valence-corrected chi connectivity index (χ2v) is 14.7. The Morgan fingerprint density at radius 3 is 1.69 bits per heavy atom. The average molecular weight is 696 g/mol. The number of nitrogens with zero attached hydrogens (tertiary/aromatic N) is 3. The molecule has 0 radical (unpaired) electrons. The largest absolute Gasteiger partial charge is 0.309 e. The molecule has 55 heavy (non-hydrogen) atoms. The summed E-state index contributed by atoms with van der Waals surface area (Å²) in [5.74, 6) is 0. The van der Waals surface area contributed by atoms with Gasteiger partial charge in [0, 0.05) is 34.4 Å². The summed E-state index contributed by atoms with van der Waals surface area (Å²) in [5, 5.41) is 24.7. The van der Waals surface area contributed by atoms with Crippen molar-refractivity contribution in [1.82, 2.24) is 9.55 Å². The van der Waals surface area contributed by atoms with Crippen molar-refractivity contribution < 1.29 is 0 Å². The monoisotopic (exact) mass is 695 g/mol. The second-order valence-electron chi connectivity index (χ2n) is 14.7. The third-order valence-electron chi connectivity index (χ3n) is 11.7. The Morgan fingerprint density at radius 2 is 1.00 bits per heavy atom. The molecule has 0 unspecified atom stereocenters. The van der Waals surface area contributed by atoms with Gasteiger partial charge in [-0.3, -0.25) is 4.98 Å². The number of para-hydroxylation sites is 1. The summed E-state index contributed by atoms with van der Waals surface area (Å²) in [6, 6.07) is 61.9. The van der Waals surface area contributed by atoms with Crippen molar-refractivity contribution in [3.05, 3.63) is 182 Å². The molecule has 12 rings (SSSR count). The minimum absolute atomic E-state index is 0.668. The van der Waals surface area contributed by atoms with Crippen LogP contribution in [0.5, 0.6) is 0 Å². The van der Waals surface area contributed by atoms with E-state index < -0.39 is 0 Å². The van der Waals surface area contributed by atoms with E-state index in [0.717, 1.165) is 27.7 Å². The molecule has 3 nitrogen and oxygen atoms in total. The first-order valence-electron chi connectivity index (χ1n) is 18.7. The van der Waals surface area contributed by atoms with E-state index in [0.29, 0.717) is 5.56 Å². The van der Waals surface area contributed by atoms with E-state index in [1.807, 2.05) is 36.7 Å². The van der Waals surface area contributed by atoms with Gasteiger partial charge in [0.25, 0.3) is 0 Å². The van der Waals surface area contributed by atoms with Crippen molar-refractivity contribution >= 4 is 75.7 Å². The van der Waals surface area contributed by atoms with Crippen LogP contribution in [0.25, 0.3) is 115 Å². The fourth-order valence-corrected chi connectivity index (χ4v) is 9.27. The summed E-state index contributed by atoms with van der Waals surface area (Å²) >= 11 is 0. The third-order valence-corrected chi connectivity index (χ3v) is 11.7. The minimum atomic E-state index is 0.668. The molecule has 252 valence electrons. The van der Waals surface area contributed by atoms with Crippen molar-refractivity contribution in [2.45, 2.75) is 0 Å². The Balaban J connectivity index is 1.00. The van der Waals surface area contributed by atoms with Gasteiger partial charge in [-0.1, -0.05) is 109 Å². The van der Waals surface area contributed by atoms with Gasteiger partial charge in [-0.2, -0.15) is 5.26 Å². The third kappa shape index (κ3) is 4.34. The Bertz CT molecular complexity index is 3530. The molecule has 2 aromatic heterocycles. The van der Waals surface area contributed by atoms with Gasteiger partial charge in [-0.05, 0) is 136 Å². The lowest BCUT2D eigenvalue weighted by Gasteiger charge is -2.16. The zero-order valence-corrected chi connectivity index (χ0v) is 29.6. The van der Waals surface area contributed by atoms with Crippen LogP contribution in [0.4, 0.5) is 0 Å². The van der Waals surface area contributed by atoms with Gasteiger partial charge in [-0.25, -0.2) is 0 Å². The zero-order chi connectivity index (χ0) is 36.2. The van der Waals surface area contributed by atoms with Gasteiger partial charge in [0.2, 0.25) is 0 Å². The number of hydrogen-bond donors (Lipinski definition) is 0. The highest BCUT2D eigenvalue weighted by atomic mass is 15.0. The van der Waals surface area contributed by atoms with Gasteiger partial charge in [0.15, 0.2) is 0 Å². The fraction of sp³-hybridized carbons (Fsp3) is 0. The first-order valence-corrected chi connectivity index (χ1v) is 18.7. The summed E-state index contributed by atoms with van der Waals surface area (Å²) in [7, 11) is 0. The molecular formula is C52H29N3. The number of pyridine rings is 1. The molecule has 0 saturated heterocycles. The number of nitriles is 1. The minimum Gasteiger partial charge on any atom is -0.309 e. The molecule has 0 amide bonds. The molecule has 3 heteroatoms. The van der Waals surface area contributed by atoms with E-state index in [2.05, 4.69) is 155 Å². The molecule has 12 aromatic rings. The molecule has 0 aliphatic rings. The van der Waals surface area contributed by atoms with Crippen LogP contribution in [0.15, 0.2) is 176 Å². The number of fused-ring (bicyclic) bond motifs is 1. The normalized spacial score (nSPS) is 12.0. The van der Waals surface area contributed by atoms with E-state index in [-0.39, 0.29) is 0 Å². The maximum Gasteiger partial charge on any atom is 0.0992 e. The average Bonchev–Trinajstić information content (AvgIpc) is 3.59. The van der Waals surface area contributed by atoms with Crippen LogP contribution in [0.3, 0.4) is 0 Å². The lowest BCUT2D eigenvalue weighted by Crippen LogP contribution is -1.94. The smallest absolute Gasteiger partial charge is 0.0992 e. The highest BCUT2D eigenvalue weighted by Crippen LogP contribution is 2.44. The maximum atomic E-state index is 9.90. The van der Waals surface area contributed by atoms with Crippen LogP contribution < -0.4 is 0 Å². The van der Waals surface area contributed by atoms with Gasteiger partial charge in [0.05, 0.1) is 22.7 Å². The Morgan fingerprint density at radius 1 is 0.418 bits per heavy atom. The Hall–Kier alpha value is -7.54. The summed E-state index contributed by atoms with van der Waals surface area (Å²) in [4.78, 5) is 4.41. The lowest BCUT2D eigenvalue weighted by atomic mass is 9.87. The van der Waals surface area contributed by atoms with E-state index in [1.165, 1.54) is 87.1 Å². The molecule has 0 fully saturated rings. The van der Waals surface area contributed by atoms with Crippen LogP contribution in [-0.2, 0) is 0 Å². The molecule has 0 aliphatic carbocycles. The summed E-state index contributed by atoms with van der Waals surface area (Å²) in [5.41, 5.74) is 11.1. The lowest BCUT2D eigenvalue weighted by molar-refractivity contribution is 1.18. The topological polar surface area (TPSA) is 41.6 Å². The fourth-order valence-electron chi connectivity index (χ4n) is 9.27. The van der Waals surface area contributed by atoms with Crippen molar-refractivity contribution in [3.63, 3.8) is 0 Å². The van der Waals surface area contributed by atoms with E-state index in [4.69, 9.17) is 0 Å². The Labute approximate surface area is 316 Å². The molecule has 0 bridgehead atoms. The summed E-state index contributed by atoms with van der Waals surface area (Å²) in [6.07, 6.45) is 3.78. The van der Waals surface area contributed by atoms with E-state index in [1.54, 1.807) is 0 Å². The van der Waals surface area contributed by atoms with E-state index in [9.17, 15) is 5.26 Å². The molecule has 0 spiro atoms. The second kappa shape index (κ2) is 11.2. The van der Waals surface area contributed by atoms with Crippen molar-refractivity contribution in [1.29, 1.82) is 5.26 Å². The number of benzene rings is 10. The quantitative estimate of drug-likeness (QED) is 0.172. The van der Waals surface area contributed by atoms with E-state index >= 15 is 0 Å². The van der Waals surface area contributed by atoms with Crippen LogP contribution in [0.1, 0.15) is 5.56 Å². The SMILES string of the molecule is N#Cc1cc2ccc3cc(-c4ccc5cc(-c6ccc7ccc8c(-c9cccnc9)ccc9ccc6c7c98)ccc5c4)cc4c3c2c(c1)n4-c1ccccc1. The van der Waals surface area contributed by atoms with Crippen LogP contribution in [0.2, 0.25) is 0 Å². The van der Waals surface area contributed by atoms with Crippen LogP contribution in [0, 0.1) is 11.3 Å². The van der Waals surface area contributed by atoms with Crippen molar-refractivity contribution in [2.24, 2.45) is 0 Å². The number of rotatable bonds is 4. The summed E-state index contributed by atoms with van der Waals surface area (Å²) < 4.78 is 2.32. The molecule has 2 heterocycles. The molecule has 0 N–H and O–H groups in total. The molecule has 0 aliphatic heterocycles. The van der Waals surface area contributed by atoms with Crippen molar-refractivity contribution in [2.75, 3.05) is 0 Å². The standard InChI is InChI=1S/C52H29N3/c53-29-31-23-38-12-13-39-27-41(28-48-52(39)51(38)47(24-31)55(48)42-6-2-1-3-7-42)36-9-8-35-26-37(11-10-34(35)25-36)43-18-14-32-17-21-46-44(40-5-4-22-54-30-40)19-15-33-16-20-45(43)49(32)50(33)46/h1-28,30H. The predicted molar refractivity (Wildman–Crippen MR) is 230 cm³/mol. The number of aromatic nitrogens is 2. The first-order chi connectivity index (χ1) is 27.2. The maximum absolute atomic E-state index is 9.90. The molecule has 0 atom stereocenters. The van der Waals surface area contributed by atoms with Crippen LogP contribution >= 0.6 is 0 Å². The highest BCUT2D eigenvalue weighted by Gasteiger charge is 2.20. The van der Waals surface area contributed by atoms with Gasteiger partial charge in [0.1, 0.15) is 0 Å². The summed E-state index contributed by atoms with van der Waals surface area (Å²) in [6.45, 7) is 0. The first kappa shape index (κ1) is 30.0. The van der Waals surface area contributed by atoms with Gasteiger partial charge >= 0.3 is 0 Å². The highest BCUT2D eigenvalue weighted by molar-refractivity contribution is 6.28. The molecular weight excluding hydrogens is 667 g/mol. The van der Waals surface area contributed by atoms with Gasteiger partial charge < -0.3 is 4.57 Å². The van der Waals surface area contributed by atoms with Crippen molar-refractivity contribution in [3.8, 4) is 45.1 Å². The van der Waals surface area contributed by atoms with Crippen LogP contribution in [-0.4, -0.2) is 9.55 Å². The Kier molecular flexibility index (Phi) is 6.12. The molecule has 10 aromatic carbocycles.